The molecule has 1 amide bonds. The fraction of sp³-hybridized carbons (Fsp3) is 0.350. The fourth-order valence-electron chi connectivity index (χ4n) is 3.71. The molecule has 0 bridgehead atoms. The normalized spacial score (nSPS) is 26.8. The summed E-state index contributed by atoms with van der Waals surface area (Å²) in [6.07, 6.45) is 0.493. The number of rotatable bonds is 4. The van der Waals surface area contributed by atoms with E-state index >= 15 is 0 Å². The van der Waals surface area contributed by atoms with Crippen molar-refractivity contribution in [2.45, 2.75) is 30.9 Å². The summed E-state index contributed by atoms with van der Waals surface area (Å²) < 4.78 is 47.2. The molecule has 1 saturated carbocycles. The van der Waals surface area contributed by atoms with Crippen LogP contribution < -0.4 is 5.32 Å². The summed E-state index contributed by atoms with van der Waals surface area (Å²) in [5.74, 6) is -3.01. The molecule has 0 spiro atoms. The monoisotopic (exact) mass is 395 g/mol. The number of halogens is 4. The average molecular weight is 396 g/mol. The molecule has 2 aromatic carbocycles. The number of hydrogen-bond acceptors (Lipinski definition) is 2. The van der Waals surface area contributed by atoms with Crippen LogP contribution in [0.15, 0.2) is 36.4 Å². The first-order valence-electron chi connectivity index (χ1n) is 8.76. The minimum absolute atomic E-state index is 0.0186. The molecule has 1 aliphatic heterocycles. The van der Waals surface area contributed by atoms with E-state index in [1.165, 1.54) is 30.3 Å². The summed E-state index contributed by atoms with van der Waals surface area (Å²) in [6, 6.07) is 7.77. The number of carbonyl (C=O) groups excluding carboxylic acids is 1. The molecular weight excluding hydrogens is 379 g/mol. The summed E-state index contributed by atoms with van der Waals surface area (Å²) in [7, 11) is 0. The zero-order valence-corrected chi connectivity index (χ0v) is 15.0. The second-order valence-electron chi connectivity index (χ2n) is 6.95. The van der Waals surface area contributed by atoms with E-state index in [2.05, 4.69) is 5.32 Å². The second-order valence-corrected chi connectivity index (χ2v) is 7.36. The van der Waals surface area contributed by atoms with Crippen LogP contribution in [0.2, 0.25) is 5.02 Å². The molecule has 2 fully saturated rings. The van der Waals surface area contributed by atoms with Crippen molar-refractivity contribution in [2.24, 2.45) is 5.92 Å². The Hall–Kier alpha value is -2.05. The molecule has 3 nitrogen and oxygen atoms in total. The van der Waals surface area contributed by atoms with Gasteiger partial charge in [-0.05, 0) is 42.7 Å². The van der Waals surface area contributed by atoms with E-state index in [4.69, 9.17) is 16.3 Å². The molecule has 142 valence electrons. The van der Waals surface area contributed by atoms with Crippen LogP contribution in [0.4, 0.5) is 13.2 Å². The number of carbonyl (C=O) groups is 1. The van der Waals surface area contributed by atoms with Crippen molar-refractivity contribution in [1.82, 2.24) is 5.32 Å². The van der Waals surface area contributed by atoms with E-state index in [-0.39, 0.29) is 22.5 Å². The molecule has 4 unspecified atom stereocenters. The maximum absolute atomic E-state index is 13.9. The van der Waals surface area contributed by atoms with E-state index in [1.807, 2.05) is 0 Å². The van der Waals surface area contributed by atoms with Crippen molar-refractivity contribution in [1.29, 1.82) is 0 Å². The van der Waals surface area contributed by atoms with Crippen LogP contribution in [0.25, 0.3) is 0 Å². The van der Waals surface area contributed by atoms with E-state index in [9.17, 15) is 18.0 Å². The van der Waals surface area contributed by atoms with E-state index in [0.717, 1.165) is 0 Å². The van der Waals surface area contributed by atoms with E-state index in [0.29, 0.717) is 25.0 Å². The van der Waals surface area contributed by atoms with Crippen molar-refractivity contribution < 1.29 is 22.7 Å². The molecule has 2 aromatic rings. The van der Waals surface area contributed by atoms with Gasteiger partial charge in [-0.1, -0.05) is 23.7 Å². The van der Waals surface area contributed by atoms with Crippen LogP contribution in [-0.4, -0.2) is 18.6 Å². The van der Waals surface area contributed by atoms with Crippen molar-refractivity contribution >= 4 is 17.5 Å². The lowest BCUT2D eigenvalue weighted by Gasteiger charge is -2.20. The van der Waals surface area contributed by atoms with Crippen molar-refractivity contribution in [3.63, 3.8) is 0 Å². The molecule has 1 heterocycles. The van der Waals surface area contributed by atoms with Gasteiger partial charge in [0.15, 0.2) is 0 Å². The Bertz CT molecular complexity index is 871. The topological polar surface area (TPSA) is 38.3 Å². The van der Waals surface area contributed by atoms with Crippen molar-refractivity contribution in [3.8, 4) is 0 Å². The lowest BCUT2D eigenvalue weighted by Crippen LogP contribution is -2.38. The maximum Gasteiger partial charge on any atom is 0.224 e. The van der Waals surface area contributed by atoms with Gasteiger partial charge < -0.3 is 10.1 Å². The highest BCUT2D eigenvalue weighted by Crippen LogP contribution is 2.49. The van der Waals surface area contributed by atoms with Gasteiger partial charge >= 0.3 is 0 Å². The Kier molecular flexibility index (Phi) is 4.86. The molecule has 7 heteroatoms. The highest BCUT2D eigenvalue weighted by Gasteiger charge is 2.47. The summed E-state index contributed by atoms with van der Waals surface area (Å²) in [4.78, 5) is 12.6. The quantitative estimate of drug-likeness (QED) is 0.827. The maximum atomic E-state index is 13.9. The van der Waals surface area contributed by atoms with Gasteiger partial charge in [0.1, 0.15) is 23.6 Å². The Morgan fingerprint density at radius 1 is 1.11 bits per heavy atom. The van der Waals surface area contributed by atoms with Gasteiger partial charge in [-0.2, -0.15) is 0 Å². The molecule has 4 rings (SSSR count). The predicted octanol–water partition coefficient (Wildman–Crippen LogP) is 4.51. The average Bonchev–Trinajstić information content (AvgIpc) is 3.28. The highest BCUT2D eigenvalue weighted by atomic mass is 35.5. The number of nitrogens with one attached hydrogen (secondary N) is 1. The third-order valence-electron chi connectivity index (χ3n) is 5.19. The molecule has 1 saturated heterocycles. The first kappa shape index (κ1) is 18.3. The van der Waals surface area contributed by atoms with Gasteiger partial charge in [0.25, 0.3) is 0 Å². The van der Waals surface area contributed by atoms with Crippen LogP contribution in [-0.2, 0) is 9.53 Å². The number of hydrogen-bond donors (Lipinski definition) is 1. The zero-order valence-electron chi connectivity index (χ0n) is 14.2. The lowest BCUT2D eigenvalue weighted by atomic mass is 10.0. The number of benzene rings is 2. The van der Waals surface area contributed by atoms with Gasteiger partial charge in [-0.25, -0.2) is 13.2 Å². The van der Waals surface area contributed by atoms with E-state index in [1.54, 1.807) is 6.07 Å². The minimum atomic E-state index is -0.631. The third kappa shape index (κ3) is 3.56. The molecule has 0 radical (unpaired) electrons. The van der Waals surface area contributed by atoms with Crippen molar-refractivity contribution in [2.75, 3.05) is 6.61 Å². The Balaban J connectivity index is 1.44. The molecule has 0 aromatic heterocycles. The van der Waals surface area contributed by atoms with Crippen LogP contribution in [0, 0.1) is 23.4 Å². The number of amides is 1. The Morgan fingerprint density at radius 3 is 2.56 bits per heavy atom. The van der Waals surface area contributed by atoms with Crippen molar-refractivity contribution in [3.05, 3.63) is 70.0 Å². The molecule has 27 heavy (non-hydrogen) atoms. The summed E-state index contributed by atoms with van der Waals surface area (Å²) in [6.45, 7) is 0.426. The second kappa shape index (κ2) is 7.17. The lowest BCUT2D eigenvalue weighted by molar-refractivity contribution is -0.123. The fourth-order valence-corrected chi connectivity index (χ4v) is 3.83. The molecular formula is C20H17ClF3NO2. The standard InChI is InChI=1S/C20H17ClF3NO2/c21-13-5-4-10(8-16(13)24)19-17(6-7-27-19)25-20(26)12-9-11(12)18-14(22)2-1-3-15(18)23/h1-5,8,11-12,17,19H,6-7,9H2,(H,25,26). The van der Waals surface area contributed by atoms with Crippen LogP contribution in [0.5, 0.6) is 0 Å². The van der Waals surface area contributed by atoms with Crippen LogP contribution in [0.1, 0.15) is 36.0 Å². The summed E-state index contributed by atoms with van der Waals surface area (Å²) in [5, 5.41) is 2.92. The van der Waals surface area contributed by atoms with Gasteiger partial charge in [0.2, 0.25) is 5.91 Å². The van der Waals surface area contributed by atoms with Gasteiger partial charge in [0.05, 0.1) is 11.1 Å². The number of ether oxygens (including phenoxy) is 1. The Labute approximate surface area is 159 Å². The highest BCUT2D eigenvalue weighted by molar-refractivity contribution is 6.30. The van der Waals surface area contributed by atoms with Gasteiger partial charge in [-0.3, -0.25) is 4.79 Å². The van der Waals surface area contributed by atoms with Gasteiger partial charge in [0, 0.05) is 24.0 Å². The SMILES string of the molecule is O=C(NC1CCOC1c1ccc(Cl)c(F)c1)C1CC1c1c(F)cccc1F. The molecule has 1 N–H and O–H groups in total. The predicted molar refractivity (Wildman–Crippen MR) is 93.9 cm³/mol. The molecule has 4 atom stereocenters. The smallest absolute Gasteiger partial charge is 0.224 e. The van der Waals surface area contributed by atoms with E-state index < -0.39 is 35.4 Å². The van der Waals surface area contributed by atoms with Crippen LogP contribution >= 0.6 is 11.6 Å². The Morgan fingerprint density at radius 2 is 1.85 bits per heavy atom. The molecule has 1 aliphatic carbocycles. The summed E-state index contributed by atoms with van der Waals surface area (Å²) >= 11 is 5.71. The largest absolute Gasteiger partial charge is 0.371 e. The first-order chi connectivity index (χ1) is 13.0. The van der Waals surface area contributed by atoms with Crippen LogP contribution in [0.3, 0.4) is 0 Å². The van der Waals surface area contributed by atoms with Gasteiger partial charge in [-0.15, -0.1) is 0 Å². The first-order valence-corrected chi connectivity index (χ1v) is 9.14. The minimum Gasteiger partial charge on any atom is -0.371 e. The molecule has 2 aliphatic rings. The third-order valence-corrected chi connectivity index (χ3v) is 5.50. The zero-order chi connectivity index (χ0) is 19.1. The summed E-state index contributed by atoms with van der Waals surface area (Å²) in [5.41, 5.74) is 0.559.